The summed E-state index contributed by atoms with van der Waals surface area (Å²) in [5.74, 6) is 0. The van der Waals surface area contributed by atoms with Crippen LogP contribution < -0.4 is 0 Å². The van der Waals surface area contributed by atoms with E-state index in [1.165, 1.54) is 55.6 Å². The van der Waals surface area contributed by atoms with Crippen LogP contribution in [0.15, 0.2) is 22.3 Å². The van der Waals surface area contributed by atoms with Crippen molar-refractivity contribution >= 4 is 11.4 Å². The van der Waals surface area contributed by atoms with Gasteiger partial charge in [-0.05, 0) is 99.9 Å². The normalized spacial score (nSPS) is 14.9. The van der Waals surface area contributed by atoms with Crippen LogP contribution in [0.1, 0.15) is 90.3 Å². The molecule has 2 aromatic rings. The molecule has 0 saturated carbocycles. The van der Waals surface area contributed by atoms with E-state index in [1.807, 2.05) is 13.8 Å². The standard InChI is InChI=1S/C25H32N2.C2H6/c1-13-11-12-21(17(5)14(13)2)24-22-18(6)15(3)16(4)19(7)23(22)25(9,10)20(8)26-27-24;1-2/h11-12H,1-10H3;1-2H3. The Hall–Kier alpha value is -2.22. The van der Waals surface area contributed by atoms with Crippen LogP contribution in [0.25, 0.3) is 0 Å². The van der Waals surface area contributed by atoms with E-state index in [4.69, 9.17) is 5.10 Å². The van der Waals surface area contributed by atoms with Crippen LogP contribution in [0.2, 0.25) is 0 Å². The zero-order valence-electron chi connectivity index (χ0n) is 20.5. The Balaban J connectivity index is 0.00000145. The molecule has 29 heavy (non-hydrogen) atoms. The smallest absolute Gasteiger partial charge is 0.101 e. The Kier molecular flexibility index (Phi) is 6.57. The predicted molar refractivity (Wildman–Crippen MR) is 129 cm³/mol. The lowest BCUT2D eigenvalue weighted by Crippen LogP contribution is -2.30. The Labute approximate surface area is 178 Å². The largest absolute Gasteiger partial charge is 0.159 e. The maximum Gasteiger partial charge on any atom is 0.101 e. The average Bonchev–Trinajstić information content (AvgIpc) is 2.79. The summed E-state index contributed by atoms with van der Waals surface area (Å²) < 4.78 is 0. The molecule has 0 saturated heterocycles. The zero-order valence-corrected chi connectivity index (χ0v) is 20.5. The lowest BCUT2D eigenvalue weighted by molar-refractivity contribution is 0.702. The van der Waals surface area contributed by atoms with Crippen LogP contribution in [0, 0.1) is 48.5 Å². The van der Waals surface area contributed by atoms with Crippen LogP contribution >= 0.6 is 0 Å². The fourth-order valence-corrected chi connectivity index (χ4v) is 4.27. The van der Waals surface area contributed by atoms with Gasteiger partial charge in [-0.25, -0.2) is 0 Å². The molecule has 1 aliphatic rings. The fraction of sp³-hybridized carbons (Fsp3) is 0.481. The van der Waals surface area contributed by atoms with Crippen LogP contribution in [-0.4, -0.2) is 11.4 Å². The molecule has 156 valence electrons. The van der Waals surface area contributed by atoms with E-state index in [0.29, 0.717) is 0 Å². The Morgan fingerprint density at radius 2 is 1.17 bits per heavy atom. The fourth-order valence-electron chi connectivity index (χ4n) is 4.27. The van der Waals surface area contributed by atoms with Crippen molar-refractivity contribution in [1.82, 2.24) is 0 Å². The Morgan fingerprint density at radius 3 is 1.76 bits per heavy atom. The minimum Gasteiger partial charge on any atom is -0.159 e. The molecule has 1 aliphatic heterocycles. The van der Waals surface area contributed by atoms with Crippen molar-refractivity contribution in [3.05, 3.63) is 67.8 Å². The van der Waals surface area contributed by atoms with Gasteiger partial charge in [-0.3, -0.25) is 0 Å². The lowest BCUT2D eigenvalue weighted by atomic mass is 9.71. The first-order chi connectivity index (χ1) is 13.5. The molecule has 1 heterocycles. The van der Waals surface area contributed by atoms with Crippen molar-refractivity contribution in [3.8, 4) is 0 Å². The zero-order chi connectivity index (χ0) is 22.3. The van der Waals surface area contributed by atoms with Gasteiger partial charge < -0.3 is 0 Å². The number of rotatable bonds is 1. The highest BCUT2D eigenvalue weighted by Gasteiger charge is 2.35. The third-order valence-corrected chi connectivity index (χ3v) is 7.07. The van der Waals surface area contributed by atoms with E-state index in [2.05, 4.69) is 86.5 Å². The van der Waals surface area contributed by atoms with Crippen molar-refractivity contribution in [2.24, 2.45) is 10.2 Å². The van der Waals surface area contributed by atoms with Gasteiger partial charge in [0.15, 0.2) is 0 Å². The summed E-state index contributed by atoms with van der Waals surface area (Å²) in [4.78, 5) is 0. The maximum atomic E-state index is 4.82. The quantitative estimate of drug-likeness (QED) is 0.485. The molecule has 0 atom stereocenters. The molecule has 0 aliphatic carbocycles. The number of hydrogen-bond donors (Lipinski definition) is 0. The van der Waals surface area contributed by atoms with Gasteiger partial charge in [0.25, 0.3) is 0 Å². The lowest BCUT2D eigenvalue weighted by Gasteiger charge is -2.31. The molecule has 0 radical (unpaired) electrons. The number of nitrogens with zero attached hydrogens (tertiary/aromatic N) is 2. The first kappa shape index (κ1) is 23.1. The minimum absolute atomic E-state index is 0.151. The highest BCUT2D eigenvalue weighted by molar-refractivity contribution is 6.18. The van der Waals surface area contributed by atoms with E-state index in [-0.39, 0.29) is 5.41 Å². The van der Waals surface area contributed by atoms with E-state index >= 15 is 0 Å². The van der Waals surface area contributed by atoms with Gasteiger partial charge in [0.2, 0.25) is 0 Å². The molecule has 0 bridgehead atoms. The molecular weight excluding hydrogens is 352 g/mol. The monoisotopic (exact) mass is 390 g/mol. The third-order valence-electron chi connectivity index (χ3n) is 7.07. The molecule has 0 amide bonds. The SMILES string of the molecule is CC.CC1=NN=C(c2ccc(C)c(C)c2C)c2c(C)c(C)c(C)c(C)c2C1(C)C. The van der Waals surface area contributed by atoms with E-state index < -0.39 is 0 Å². The summed E-state index contributed by atoms with van der Waals surface area (Å²) in [7, 11) is 0. The van der Waals surface area contributed by atoms with Crippen LogP contribution in [0.3, 0.4) is 0 Å². The molecule has 0 fully saturated rings. The molecule has 0 spiro atoms. The third kappa shape index (κ3) is 3.58. The molecule has 2 aromatic carbocycles. The molecule has 0 unspecified atom stereocenters. The molecule has 0 aromatic heterocycles. The van der Waals surface area contributed by atoms with Crippen LogP contribution in [0.4, 0.5) is 0 Å². The second-order valence-electron chi connectivity index (χ2n) is 8.69. The molecule has 0 N–H and O–H groups in total. The maximum absolute atomic E-state index is 4.82. The predicted octanol–water partition coefficient (Wildman–Crippen LogP) is 7.38. The number of fused-ring (bicyclic) bond motifs is 1. The topological polar surface area (TPSA) is 24.7 Å². The van der Waals surface area contributed by atoms with Crippen molar-refractivity contribution in [1.29, 1.82) is 0 Å². The number of hydrogen-bond acceptors (Lipinski definition) is 2. The minimum atomic E-state index is -0.151. The highest BCUT2D eigenvalue weighted by Crippen LogP contribution is 2.40. The summed E-state index contributed by atoms with van der Waals surface area (Å²) in [6.07, 6.45) is 0. The van der Waals surface area contributed by atoms with Gasteiger partial charge in [-0.2, -0.15) is 5.10 Å². The molecule has 2 nitrogen and oxygen atoms in total. The van der Waals surface area contributed by atoms with Gasteiger partial charge in [-0.1, -0.05) is 39.8 Å². The first-order valence-corrected chi connectivity index (χ1v) is 10.8. The molecular formula is C27H38N2. The first-order valence-electron chi connectivity index (χ1n) is 10.8. The van der Waals surface area contributed by atoms with Crippen LogP contribution in [-0.2, 0) is 5.41 Å². The second kappa shape index (κ2) is 8.26. The van der Waals surface area contributed by atoms with Gasteiger partial charge >= 0.3 is 0 Å². The summed E-state index contributed by atoms with van der Waals surface area (Å²) in [6.45, 7) is 26.2. The summed E-state index contributed by atoms with van der Waals surface area (Å²) in [5, 5.41) is 9.51. The van der Waals surface area contributed by atoms with Crippen molar-refractivity contribution < 1.29 is 0 Å². The second-order valence-corrected chi connectivity index (χ2v) is 8.69. The molecule has 2 heteroatoms. The van der Waals surface area contributed by atoms with Gasteiger partial charge in [0.1, 0.15) is 5.71 Å². The van der Waals surface area contributed by atoms with Crippen molar-refractivity contribution in [2.75, 3.05) is 0 Å². The van der Waals surface area contributed by atoms with Crippen molar-refractivity contribution in [3.63, 3.8) is 0 Å². The van der Waals surface area contributed by atoms with Crippen LogP contribution in [0.5, 0.6) is 0 Å². The Morgan fingerprint density at radius 1 is 0.621 bits per heavy atom. The summed E-state index contributed by atoms with van der Waals surface area (Å²) in [6, 6.07) is 4.42. The molecule has 3 rings (SSSR count). The van der Waals surface area contributed by atoms with E-state index in [9.17, 15) is 0 Å². The summed E-state index contributed by atoms with van der Waals surface area (Å²) >= 11 is 0. The number of benzene rings is 2. The highest BCUT2D eigenvalue weighted by atomic mass is 15.2. The van der Waals surface area contributed by atoms with Crippen molar-refractivity contribution in [2.45, 2.75) is 88.5 Å². The van der Waals surface area contributed by atoms with E-state index in [0.717, 1.165) is 11.4 Å². The Bertz CT molecular complexity index is 1020. The summed E-state index contributed by atoms with van der Waals surface area (Å²) in [5.41, 5.74) is 15.1. The van der Waals surface area contributed by atoms with Gasteiger partial charge in [0.05, 0.1) is 0 Å². The van der Waals surface area contributed by atoms with Gasteiger partial charge in [0, 0.05) is 22.3 Å². The van der Waals surface area contributed by atoms with Gasteiger partial charge in [-0.15, -0.1) is 5.10 Å². The number of aryl methyl sites for hydroxylation is 1. The van der Waals surface area contributed by atoms with E-state index in [1.54, 1.807) is 0 Å². The average molecular weight is 391 g/mol.